The Bertz CT molecular complexity index is 700. The first kappa shape index (κ1) is 18.0. The molecule has 3 rings (SSSR count). The van der Waals surface area contributed by atoms with Gasteiger partial charge in [0.15, 0.2) is 0 Å². The van der Waals surface area contributed by atoms with Gasteiger partial charge in [-0.3, -0.25) is 9.69 Å². The molecule has 132 valence electrons. The molecular formula is C21H26N2OS. The van der Waals surface area contributed by atoms with Gasteiger partial charge in [0, 0.05) is 23.2 Å². The van der Waals surface area contributed by atoms with Crippen LogP contribution in [-0.2, 0) is 4.79 Å². The average Bonchev–Trinajstić information content (AvgIpc) is 3.45. The van der Waals surface area contributed by atoms with E-state index in [1.165, 1.54) is 18.4 Å². The smallest absolute Gasteiger partial charge is 0.238 e. The van der Waals surface area contributed by atoms with Crippen LogP contribution in [0.25, 0.3) is 0 Å². The van der Waals surface area contributed by atoms with Crippen LogP contribution in [0, 0.1) is 5.92 Å². The van der Waals surface area contributed by atoms with Gasteiger partial charge in [0.05, 0.1) is 6.54 Å². The molecule has 2 aromatic carbocycles. The van der Waals surface area contributed by atoms with Crippen LogP contribution in [0.15, 0.2) is 59.5 Å². The Morgan fingerprint density at radius 2 is 1.96 bits per heavy atom. The quantitative estimate of drug-likeness (QED) is 0.690. The Hall–Kier alpha value is -1.78. The Morgan fingerprint density at radius 1 is 1.20 bits per heavy atom. The summed E-state index contributed by atoms with van der Waals surface area (Å²) >= 11 is 1.68. The molecule has 0 heterocycles. The second-order valence-corrected chi connectivity index (χ2v) is 7.62. The molecule has 1 unspecified atom stereocenters. The summed E-state index contributed by atoms with van der Waals surface area (Å²) in [6.07, 6.45) is 4.62. The number of rotatable bonds is 8. The normalized spacial score (nSPS) is 15.2. The Labute approximate surface area is 154 Å². The summed E-state index contributed by atoms with van der Waals surface area (Å²) in [5, 5.41) is 3.05. The van der Waals surface area contributed by atoms with Crippen molar-refractivity contribution >= 4 is 23.4 Å². The third-order valence-corrected chi connectivity index (χ3v) is 5.44. The zero-order valence-electron chi connectivity index (χ0n) is 14.9. The van der Waals surface area contributed by atoms with Crippen LogP contribution < -0.4 is 5.32 Å². The molecule has 0 spiro atoms. The maximum Gasteiger partial charge on any atom is 0.238 e. The van der Waals surface area contributed by atoms with E-state index < -0.39 is 0 Å². The Morgan fingerprint density at radius 3 is 2.64 bits per heavy atom. The average molecular weight is 355 g/mol. The molecule has 3 nitrogen and oxygen atoms in total. The number of carbonyl (C=O) groups is 1. The third-order valence-electron chi connectivity index (χ3n) is 4.72. The number of amides is 1. The molecule has 1 N–H and O–H groups in total. The zero-order valence-corrected chi connectivity index (χ0v) is 15.8. The van der Waals surface area contributed by atoms with E-state index in [-0.39, 0.29) is 11.9 Å². The minimum Gasteiger partial charge on any atom is -0.325 e. The Kier molecular flexibility index (Phi) is 6.16. The van der Waals surface area contributed by atoms with Gasteiger partial charge in [-0.15, -0.1) is 11.8 Å². The van der Waals surface area contributed by atoms with Gasteiger partial charge < -0.3 is 5.32 Å². The van der Waals surface area contributed by atoms with Crippen LogP contribution in [-0.4, -0.2) is 30.2 Å². The Balaban J connectivity index is 1.65. The van der Waals surface area contributed by atoms with Crippen LogP contribution in [0.3, 0.4) is 0 Å². The number of anilines is 1. The predicted octanol–water partition coefficient (Wildman–Crippen LogP) is 4.82. The summed E-state index contributed by atoms with van der Waals surface area (Å²) < 4.78 is 0. The maximum atomic E-state index is 12.6. The lowest BCUT2D eigenvalue weighted by molar-refractivity contribution is -0.117. The first-order valence-electron chi connectivity index (χ1n) is 8.88. The van der Waals surface area contributed by atoms with E-state index in [0.717, 1.165) is 23.0 Å². The predicted molar refractivity (Wildman–Crippen MR) is 106 cm³/mol. The highest BCUT2D eigenvalue weighted by Gasteiger charge is 2.28. The summed E-state index contributed by atoms with van der Waals surface area (Å²) in [6.45, 7) is 3.61. The number of nitrogens with one attached hydrogen (secondary N) is 1. The van der Waals surface area contributed by atoms with Gasteiger partial charge in [-0.25, -0.2) is 0 Å². The minimum atomic E-state index is 0.0571. The molecular weight excluding hydrogens is 328 g/mol. The molecule has 25 heavy (non-hydrogen) atoms. The van der Waals surface area contributed by atoms with E-state index in [2.05, 4.69) is 47.5 Å². The third kappa shape index (κ3) is 5.35. The molecule has 0 bridgehead atoms. The van der Waals surface area contributed by atoms with Gasteiger partial charge in [-0.05, 0) is 55.7 Å². The second kappa shape index (κ2) is 8.54. The fourth-order valence-electron chi connectivity index (χ4n) is 3.02. The van der Waals surface area contributed by atoms with Gasteiger partial charge in [0.2, 0.25) is 5.91 Å². The van der Waals surface area contributed by atoms with E-state index in [4.69, 9.17) is 0 Å². The fourth-order valence-corrected chi connectivity index (χ4v) is 3.48. The fraction of sp³-hybridized carbons (Fsp3) is 0.381. The van der Waals surface area contributed by atoms with E-state index in [9.17, 15) is 4.79 Å². The zero-order chi connectivity index (χ0) is 17.6. The molecule has 1 saturated carbocycles. The number of nitrogens with zero attached hydrogens (tertiary/aromatic N) is 1. The van der Waals surface area contributed by atoms with Crippen molar-refractivity contribution in [3.63, 3.8) is 0 Å². The SMILES string of the molecule is CSc1cccc(NC(=O)CN(CC2CC2)C(C)c2ccccc2)c1. The molecule has 2 aromatic rings. The molecule has 1 amide bonds. The van der Waals surface area contributed by atoms with Crippen molar-refractivity contribution in [1.29, 1.82) is 0 Å². The second-order valence-electron chi connectivity index (χ2n) is 6.74. The summed E-state index contributed by atoms with van der Waals surface area (Å²) in [5.74, 6) is 0.806. The van der Waals surface area contributed by atoms with Crippen molar-refractivity contribution in [2.75, 3.05) is 24.7 Å². The maximum absolute atomic E-state index is 12.6. The number of benzene rings is 2. The van der Waals surface area contributed by atoms with Crippen LogP contribution in [0.5, 0.6) is 0 Å². The van der Waals surface area contributed by atoms with E-state index >= 15 is 0 Å². The van der Waals surface area contributed by atoms with Gasteiger partial charge in [-0.2, -0.15) is 0 Å². The van der Waals surface area contributed by atoms with Crippen molar-refractivity contribution < 1.29 is 4.79 Å². The molecule has 0 aromatic heterocycles. The highest BCUT2D eigenvalue weighted by atomic mass is 32.2. The van der Waals surface area contributed by atoms with Crippen molar-refractivity contribution in [2.24, 2.45) is 5.92 Å². The van der Waals surface area contributed by atoms with Crippen LogP contribution in [0.2, 0.25) is 0 Å². The summed E-state index contributed by atoms with van der Waals surface area (Å²) in [4.78, 5) is 16.1. The number of thioether (sulfide) groups is 1. The largest absolute Gasteiger partial charge is 0.325 e. The van der Waals surface area contributed by atoms with Crippen molar-refractivity contribution in [2.45, 2.75) is 30.7 Å². The molecule has 1 atom stereocenters. The summed E-state index contributed by atoms with van der Waals surface area (Å²) in [6, 6.07) is 18.7. The standard InChI is InChI=1S/C21H26N2OS/c1-16(18-7-4-3-5-8-18)23(14-17-11-12-17)15-21(24)22-19-9-6-10-20(13-19)25-2/h3-10,13,16-17H,11-12,14-15H2,1-2H3,(H,22,24). The topological polar surface area (TPSA) is 32.3 Å². The van der Waals surface area contributed by atoms with Crippen molar-refractivity contribution in [1.82, 2.24) is 4.90 Å². The van der Waals surface area contributed by atoms with Gasteiger partial charge >= 0.3 is 0 Å². The molecule has 1 aliphatic rings. The van der Waals surface area contributed by atoms with Crippen LogP contribution in [0.1, 0.15) is 31.4 Å². The lowest BCUT2D eigenvalue weighted by atomic mass is 10.1. The lowest BCUT2D eigenvalue weighted by Gasteiger charge is -2.29. The highest BCUT2D eigenvalue weighted by Crippen LogP contribution is 2.32. The monoisotopic (exact) mass is 354 g/mol. The number of carbonyl (C=O) groups excluding carboxylic acids is 1. The number of hydrogen-bond donors (Lipinski definition) is 1. The van der Waals surface area contributed by atoms with E-state index in [1.54, 1.807) is 11.8 Å². The molecule has 0 saturated heterocycles. The van der Waals surface area contributed by atoms with Gasteiger partial charge in [0.1, 0.15) is 0 Å². The summed E-state index contributed by atoms with van der Waals surface area (Å²) in [5.41, 5.74) is 2.14. The first-order chi connectivity index (χ1) is 12.2. The van der Waals surface area contributed by atoms with E-state index in [1.807, 2.05) is 30.5 Å². The van der Waals surface area contributed by atoms with Gasteiger partial charge in [0.25, 0.3) is 0 Å². The summed E-state index contributed by atoms with van der Waals surface area (Å²) in [7, 11) is 0. The van der Waals surface area contributed by atoms with Gasteiger partial charge in [-0.1, -0.05) is 36.4 Å². The molecule has 1 aliphatic carbocycles. The van der Waals surface area contributed by atoms with Crippen molar-refractivity contribution in [3.8, 4) is 0 Å². The molecule has 4 heteroatoms. The lowest BCUT2D eigenvalue weighted by Crippen LogP contribution is -2.36. The molecule has 0 aliphatic heterocycles. The molecule has 0 radical (unpaired) electrons. The number of hydrogen-bond acceptors (Lipinski definition) is 3. The van der Waals surface area contributed by atoms with Crippen molar-refractivity contribution in [3.05, 3.63) is 60.2 Å². The van der Waals surface area contributed by atoms with E-state index in [0.29, 0.717) is 6.54 Å². The van der Waals surface area contributed by atoms with Crippen LogP contribution >= 0.6 is 11.8 Å². The van der Waals surface area contributed by atoms with Crippen LogP contribution in [0.4, 0.5) is 5.69 Å². The highest BCUT2D eigenvalue weighted by molar-refractivity contribution is 7.98. The minimum absolute atomic E-state index is 0.0571. The molecule has 1 fully saturated rings. The first-order valence-corrected chi connectivity index (χ1v) is 10.1.